The van der Waals surface area contributed by atoms with Crippen LogP contribution in [0.1, 0.15) is 0 Å². The summed E-state index contributed by atoms with van der Waals surface area (Å²) >= 11 is 5.86. The van der Waals surface area contributed by atoms with Gasteiger partial charge in [-0.15, -0.1) is 0 Å². The number of carbonyl (C=O) groups is 1. The van der Waals surface area contributed by atoms with E-state index in [4.69, 9.17) is 21.4 Å². The molecule has 1 aromatic rings. The van der Waals surface area contributed by atoms with Crippen LogP contribution < -0.4 is 5.32 Å². The van der Waals surface area contributed by atoms with E-state index in [1.54, 1.807) is 18.3 Å². The maximum Gasteiger partial charge on any atom is 0.238 e. The average Bonchev–Trinajstić information content (AvgIpc) is 2.41. The third-order valence-electron chi connectivity index (χ3n) is 2.83. The molecule has 1 saturated heterocycles. The highest BCUT2D eigenvalue weighted by Crippen LogP contribution is 2.17. The molecule has 2 rings (SSSR count). The van der Waals surface area contributed by atoms with Gasteiger partial charge < -0.3 is 15.2 Å². The van der Waals surface area contributed by atoms with E-state index >= 15 is 0 Å². The summed E-state index contributed by atoms with van der Waals surface area (Å²) in [4.78, 5) is 17.7. The van der Waals surface area contributed by atoms with Gasteiger partial charge in [0.1, 0.15) is 0 Å². The van der Waals surface area contributed by atoms with Gasteiger partial charge in [0.15, 0.2) is 5.15 Å². The van der Waals surface area contributed by atoms with E-state index in [0.29, 0.717) is 25.4 Å². The van der Waals surface area contributed by atoms with Crippen LogP contribution in [0.3, 0.4) is 0 Å². The lowest BCUT2D eigenvalue weighted by molar-refractivity contribution is -0.120. The number of aromatic nitrogens is 1. The Bertz CT molecular complexity index is 444. The van der Waals surface area contributed by atoms with Crippen LogP contribution in [-0.2, 0) is 9.53 Å². The molecule has 0 saturated carbocycles. The third kappa shape index (κ3) is 4.14. The number of aliphatic hydroxyl groups excluding tert-OH is 1. The maximum atomic E-state index is 11.9. The zero-order valence-electron chi connectivity index (χ0n) is 10.4. The predicted molar refractivity (Wildman–Crippen MR) is 71.1 cm³/mol. The first kappa shape index (κ1) is 14.2. The summed E-state index contributed by atoms with van der Waals surface area (Å²) in [6.07, 6.45) is 1.34. The quantitative estimate of drug-likeness (QED) is 0.782. The number of morpholine rings is 1. The Morgan fingerprint density at radius 3 is 3.26 bits per heavy atom. The number of amides is 1. The molecule has 0 radical (unpaired) electrons. The van der Waals surface area contributed by atoms with Gasteiger partial charge >= 0.3 is 0 Å². The molecule has 0 spiro atoms. The van der Waals surface area contributed by atoms with Crippen molar-refractivity contribution in [3.63, 3.8) is 0 Å². The van der Waals surface area contributed by atoms with E-state index in [2.05, 4.69) is 10.3 Å². The van der Waals surface area contributed by atoms with Crippen molar-refractivity contribution in [3.05, 3.63) is 23.5 Å². The summed E-state index contributed by atoms with van der Waals surface area (Å²) in [6, 6.07) is 3.40. The molecule has 1 aliphatic heterocycles. The summed E-state index contributed by atoms with van der Waals surface area (Å²) < 4.78 is 5.32. The van der Waals surface area contributed by atoms with Crippen LogP contribution in [0, 0.1) is 0 Å². The summed E-state index contributed by atoms with van der Waals surface area (Å²) in [5.41, 5.74) is 0.501. The van der Waals surface area contributed by atoms with Gasteiger partial charge in [0, 0.05) is 19.3 Å². The number of hydrogen-bond acceptors (Lipinski definition) is 5. The van der Waals surface area contributed by atoms with Crippen molar-refractivity contribution in [1.29, 1.82) is 0 Å². The van der Waals surface area contributed by atoms with Crippen molar-refractivity contribution in [2.24, 2.45) is 0 Å². The molecule has 0 bridgehead atoms. The largest absolute Gasteiger partial charge is 0.394 e. The minimum absolute atomic E-state index is 0.0352. The van der Waals surface area contributed by atoms with E-state index in [0.717, 1.165) is 0 Å². The lowest BCUT2D eigenvalue weighted by Gasteiger charge is -2.31. The van der Waals surface area contributed by atoms with Crippen LogP contribution in [-0.4, -0.2) is 59.8 Å². The highest BCUT2D eigenvalue weighted by molar-refractivity contribution is 6.32. The van der Waals surface area contributed by atoms with Crippen molar-refractivity contribution in [1.82, 2.24) is 9.88 Å². The summed E-state index contributed by atoms with van der Waals surface area (Å²) in [6.45, 7) is 1.94. The van der Waals surface area contributed by atoms with Crippen LogP contribution in [0.15, 0.2) is 18.3 Å². The molecule has 1 unspecified atom stereocenters. The van der Waals surface area contributed by atoms with Gasteiger partial charge in [-0.05, 0) is 12.1 Å². The summed E-state index contributed by atoms with van der Waals surface area (Å²) in [7, 11) is 0. The summed E-state index contributed by atoms with van der Waals surface area (Å²) in [5.74, 6) is -0.159. The zero-order valence-corrected chi connectivity index (χ0v) is 11.1. The van der Waals surface area contributed by atoms with Gasteiger partial charge in [0.2, 0.25) is 5.91 Å². The Kier molecular flexibility index (Phi) is 5.09. The smallest absolute Gasteiger partial charge is 0.238 e. The van der Waals surface area contributed by atoms with E-state index in [1.165, 1.54) is 0 Å². The lowest BCUT2D eigenvalue weighted by atomic mass is 10.3. The first-order chi connectivity index (χ1) is 9.19. The highest BCUT2D eigenvalue weighted by Gasteiger charge is 2.21. The van der Waals surface area contributed by atoms with Crippen LogP contribution in [0.4, 0.5) is 5.69 Å². The lowest BCUT2D eigenvalue weighted by Crippen LogP contribution is -2.46. The Balaban J connectivity index is 1.86. The number of halogens is 1. The predicted octanol–water partition coefficient (Wildman–Crippen LogP) is 0.367. The molecule has 2 heterocycles. The number of nitrogens with zero attached hydrogens (tertiary/aromatic N) is 2. The number of rotatable bonds is 4. The number of nitrogens with one attached hydrogen (secondary N) is 1. The highest BCUT2D eigenvalue weighted by atomic mass is 35.5. The van der Waals surface area contributed by atoms with Crippen LogP contribution in [0.2, 0.25) is 5.15 Å². The Morgan fingerprint density at radius 1 is 1.68 bits per heavy atom. The van der Waals surface area contributed by atoms with Crippen LogP contribution >= 0.6 is 11.6 Å². The molecule has 2 N–H and O–H groups in total. The normalized spacial score (nSPS) is 20.2. The minimum atomic E-state index is -0.219. The van der Waals surface area contributed by atoms with Crippen LogP contribution in [0.5, 0.6) is 0 Å². The standard InChI is InChI=1S/C12H16ClN3O3/c13-12-10(2-1-3-14-12)15-11(18)7-16-4-5-19-9(6-16)8-17/h1-3,9,17H,4-8H2,(H,15,18). The molecule has 0 aliphatic carbocycles. The number of anilines is 1. The Labute approximate surface area is 116 Å². The van der Waals surface area contributed by atoms with Crippen molar-refractivity contribution < 1.29 is 14.6 Å². The number of aliphatic hydroxyl groups is 1. The molecule has 104 valence electrons. The van der Waals surface area contributed by atoms with E-state index < -0.39 is 0 Å². The molecule has 1 amide bonds. The Hall–Kier alpha value is -1.21. The van der Waals surface area contributed by atoms with Gasteiger partial charge in [-0.25, -0.2) is 4.98 Å². The molecule has 19 heavy (non-hydrogen) atoms. The number of hydrogen-bond donors (Lipinski definition) is 2. The summed E-state index contributed by atoms with van der Waals surface area (Å²) in [5, 5.41) is 12.0. The second-order valence-corrected chi connectivity index (χ2v) is 4.66. The number of carbonyl (C=O) groups excluding carboxylic acids is 1. The van der Waals surface area contributed by atoms with Gasteiger partial charge in [-0.3, -0.25) is 9.69 Å². The van der Waals surface area contributed by atoms with Gasteiger partial charge in [-0.1, -0.05) is 11.6 Å². The fourth-order valence-electron chi connectivity index (χ4n) is 1.91. The van der Waals surface area contributed by atoms with Gasteiger partial charge in [0.25, 0.3) is 0 Å². The monoisotopic (exact) mass is 285 g/mol. The van der Waals surface area contributed by atoms with Crippen molar-refractivity contribution >= 4 is 23.2 Å². The van der Waals surface area contributed by atoms with Crippen molar-refractivity contribution in [3.8, 4) is 0 Å². The Morgan fingerprint density at radius 2 is 2.53 bits per heavy atom. The fraction of sp³-hybridized carbons (Fsp3) is 0.500. The van der Waals surface area contributed by atoms with Gasteiger partial charge in [0.05, 0.1) is 31.5 Å². The van der Waals surface area contributed by atoms with Crippen LogP contribution in [0.25, 0.3) is 0 Å². The molecule has 7 heteroatoms. The maximum absolute atomic E-state index is 11.9. The molecule has 6 nitrogen and oxygen atoms in total. The first-order valence-corrected chi connectivity index (χ1v) is 6.42. The van der Waals surface area contributed by atoms with E-state index in [9.17, 15) is 4.79 Å². The molecular weight excluding hydrogens is 270 g/mol. The number of pyridine rings is 1. The molecular formula is C12H16ClN3O3. The zero-order chi connectivity index (χ0) is 13.7. The second kappa shape index (κ2) is 6.81. The third-order valence-corrected chi connectivity index (χ3v) is 3.13. The molecule has 1 aromatic heterocycles. The molecule has 1 atom stereocenters. The van der Waals surface area contributed by atoms with Gasteiger partial charge in [-0.2, -0.15) is 0 Å². The SMILES string of the molecule is O=C(CN1CCOC(CO)C1)Nc1cccnc1Cl. The second-order valence-electron chi connectivity index (χ2n) is 4.30. The topological polar surface area (TPSA) is 74.7 Å². The van der Waals surface area contributed by atoms with E-state index in [1.807, 2.05) is 4.90 Å². The van der Waals surface area contributed by atoms with E-state index in [-0.39, 0.29) is 30.3 Å². The minimum Gasteiger partial charge on any atom is -0.394 e. The van der Waals surface area contributed by atoms with Crippen molar-refractivity contribution in [2.45, 2.75) is 6.10 Å². The average molecular weight is 286 g/mol. The fourth-order valence-corrected chi connectivity index (χ4v) is 2.07. The number of ether oxygens (including phenoxy) is 1. The molecule has 0 aromatic carbocycles. The van der Waals surface area contributed by atoms with Crippen molar-refractivity contribution in [2.75, 3.05) is 38.2 Å². The first-order valence-electron chi connectivity index (χ1n) is 6.04. The molecule has 1 aliphatic rings. The molecule has 1 fully saturated rings.